The highest BCUT2D eigenvalue weighted by molar-refractivity contribution is 9.11. The second-order valence-electron chi connectivity index (χ2n) is 9.14. The first-order chi connectivity index (χ1) is 17.8. The van der Waals surface area contributed by atoms with Crippen LogP contribution < -0.4 is 0 Å². The number of aromatic nitrogens is 4. The molecule has 204 valence electrons. The van der Waals surface area contributed by atoms with Crippen LogP contribution in [0.5, 0.6) is 0 Å². The van der Waals surface area contributed by atoms with E-state index < -0.39 is 38.5 Å². The number of aryl methyl sites for hydroxylation is 1. The number of ether oxygens (including phenoxy) is 1. The molecule has 0 fully saturated rings. The Kier molecular flexibility index (Phi) is 7.63. The fraction of sp³-hybridized carbons (Fsp3) is 0.400. The van der Waals surface area contributed by atoms with E-state index in [2.05, 4.69) is 26.0 Å². The van der Waals surface area contributed by atoms with E-state index in [1.165, 1.54) is 30.7 Å². The van der Waals surface area contributed by atoms with E-state index in [4.69, 9.17) is 4.74 Å². The molecule has 38 heavy (non-hydrogen) atoms. The van der Waals surface area contributed by atoms with Gasteiger partial charge in [-0.2, -0.15) is 18.3 Å². The molecule has 4 rings (SSSR count). The number of allylic oxidation sites excluding steroid dienone is 3. The SMILES string of the molecule is CCOC(=O)CCCn1cc(-c2cn(S(=O)(=O)C3(C)C=C(Br)C=CC3C)c3ncccc23)c(C(F)(F)F)n1. The molecule has 0 radical (unpaired) electrons. The summed E-state index contributed by atoms with van der Waals surface area (Å²) in [6, 6.07) is 3.06. The van der Waals surface area contributed by atoms with Gasteiger partial charge in [0.05, 0.1) is 6.61 Å². The molecule has 0 aromatic carbocycles. The second kappa shape index (κ2) is 10.3. The number of alkyl halides is 3. The highest BCUT2D eigenvalue weighted by atomic mass is 79.9. The van der Waals surface area contributed by atoms with Gasteiger partial charge < -0.3 is 4.74 Å². The molecule has 0 amide bonds. The van der Waals surface area contributed by atoms with Crippen molar-refractivity contribution in [3.8, 4) is 11.1 Å². The van der Waals surface area contributed by atoms with Crippen molar-refractivity contribution in [2.24, 2.45) is 5.92 Å². The van der Waals surface area contributed by atoms with Crippen molar-refractivity contribution >= 4 is 43.0 Å². The monoisotopic (exact) mass is 614 g/mol. The molecular weight excluding hydrogens is 589 g/mol. The van der Waals surface area contributed by atoms with Crippen LogP contribution in [0.15, 0.2) is 53.4 Å². The van der Waals surface area contributed by atoms with Gasteiger partial charge >= 0.3 is 12.1 Å². The fourth-order valence-corrected chi connectivity index (χ4v) is 7.04. The average Bonchev–Trinajstić information content (AvgIpc) is 3.44. The third-order valence-corrected chi connectivity index (χ3v) is 9.50. The van der Waals surface area contributed by atoms with Crippen molar-refractivity contribution in [3.05, 3.63) is 59.1 Å². The Morgan fingerprint density at radius 3 is 2.68 bits per heavy atom. The summed E-state index contributed by atoms with van der Waals surface area (Å²) in [6.45, 7) is 5.24. The van der Waals surface area contributed by atoms with E-state index in [9.17, 15) is 26.4 Å². The van der Waals surface area contributed by atoms with Crippen molar-refractivity contribution in [1.82, 2.24) is 18.7 Å². The highest BCUT2D eigenvalue weighted by Crippen LogP contribution is 2.42. The smallest absolute Gasteiger partial charge is 0.435 e. The minimum atomic E-state index is -4.81. The number of hydrogen-bond donors (Lipinski definition) is 0. The molecule has 13 heteroatoms. The summed E-state index contributed by atoms with van der Waals surface area (Å²) in [5.74, 6) is -0.873. The molecule has 8 nitrogen and oxygen atoms in total. The number of nitrogens with zero attached hydrogens (tertiary/aromatic N) is 4. The first kappa shape index (κ1) is 28.1. The summed E-state index contributed by atoms with van der Waals surface area (Å²) >= 11 is 3.34. The van der Waals surface area contributed by atoms with Crippen LogP contribution in [0.3, 0.4) is 0 Å². The highest BCUT2D eigenvalue weighted by Gasteiger charge is 2.45. The number of carbonyl (C=O) groups is 1. The van der Waals surface area contributed by atoms with Crippen LogP contribution in [-0.2, 0) is 32.3 Å². The Balaban J connectivity index is 1.83. The van der Waals surface area contributed by atoms with Gasteiger partial charge in [-0.3, -0.25) is 9.48 Å². The Morgan fingerprint density at radius 1 is 1.26 bits per heavy atom. The zero-order chi connectivity index (χ0) is 27.9. The lowest BCUT2D eigenvalue weighted by molar-refractivity contribution is -0.143. The minimum absolute atomic E-state index is 0.0122. The number of fused-ring (bicyclic) bond motifs is 1. The van der Waals surface area contributed by atoms with Crippen molar-refractivity contribution in [2.75, 3.05) is 6.61 Å². The Morgan fingerprint density at radius 2 is 2.00 bits per heavy atom. The lowest BCUT2D eigenvalue weighted by atomic mass is 9.91. The van der Waals surface area contributed by atoms with E-state index in [1.54, 1.807) is 39.0 Å². The standard InChI is InChI=1S/C25H26BrF3N4O4S/c1-4-37-21(34)8-6-12-32-14-20(22(31-32)25(27,28)29)19-15-33(23-18(19)7-5-11-30-23)38(35,36)24(3)13-17(26)10-9-16(24)2/h5,7,9-11,13-16H,4,6,8,12H2,1-3H3. The summed E-state index contributed by atoms with van der Waals surface area (Å²) in [5, 5.41) is 3.97. The molecule has 2 unspecified atom stereocenters. The quantitative estimate of drug-likeness (QED) is 0.303. The lowest BCUT2D eigenvalue weighted by Gasteiger charge is -2.33. The van der Waals surface area contributed by atoms with Crippen molar-refractivity contribution in [3.63, 3.8) is 0 Å². The molecule has 3 aromatic heterocycles. The van der Waals surface area contributed by atoms with Crippen LogP contribution >= 0.6 is 15.9 Å². The van der Waals surface area contributed by atoms with Crippen molar-refractivity contribution in [2.45, 2.75) is 51.1 Å². The zero-order valence-electron chi connectivity index (χ0n) is 20.9. The van der Waals surface area contributed by atoms with Gasteiger partial charge in [0.2, 0.25) is 10.0 Å². The maximum Gasteiger partial charge on any atom is 0.435 e. The summed E-state index contributed by atoms with van der Waals surface area (Å²) < 4.78 is 76.3. The van der Waals surface area contributed by atoms with Crippen LogP contribution in [0.1, 0.15) is 39.3 Å². The van der Waals surface area contributed by atoms with E-state index in [1.807, 2.05) is 0 Å². The molecule has 3 aromatic rings. The fourth-order valence-electron chi connectivity index (χ4n) is 4.39. The van der Waals surface area contributed by atoms with Gasteiger partial charge in [-0.25, -0.2) is 17.4 Å². The molecule has 0 aliphatic heterocycles. The van der Waals surface area contributed by atoms with Crippen molar-refractivity contribution in [1.29, 1.82) is 0 Å². The summed E-state index contributed by atoms with van der Waals surface area (Å²) in [7, 11) is -4.19. The number of pyridine rings is 1. The molecule has 0 bridgehead atoms. The predicted octanol–water partition coefficient (Wildman–Crippen LogP) is 5.68. The van der Waals surface area contributed by atoms with Gasteiger partial charge in [-0.15, -0.1) is 0 Å². The molecule has 1 aliphatic carbocycles. The number of carbonyl (C=O) groups excluding carboxylic acids is 1. The second-order valence-corrected chi connectivity index (χ2v) is 12.3. The van der Waals surface area contributed by atoms with Crippen LogP contribution in [0.4, 0.5) is 13.2 Å². The van der Waals surface area contributed by atoms with Gasteiger partial charge in [0.15, 0.2) is 11.3 Å². The van der Waals surface area contributed by atoms with E-state index in [0.29, 0.717) is 4.48 Å². The number of rotatable bonds is 8. The number of hydrogen-bond acceptors (Lipinski definition) is 6. The molecule has 0 spiro atoms. The molecule has 0 N–H and O–H groups in total. The summed E-state index contributed by atoms with van der Waals surface area (Å²) in [6.07, 6.45) is 4.32. The first-order valence-electron chi connectivity index (χ1n) is 11.9. The maximum absolute atomic E-state index is 14.1. The molecule has 3 heterocycles. The van der Waals surface area contributed by atoms with Crippen LogP contribution in [0.25, 0.3) is 22.2 Å². The first-order valence-corrected chi connectivity index (χ1v) is 14.1. The Hall–Kier alpha value is -2.93. The van der Waals surface area contributed by atoms with E-state index in [0.717, 1.165) is 8.65 Å². The van der Waals surface area contributed by atoms with Crippen LogP contribution in [0.2, 0.25) is 0 Å². The molecule has 1 aliphatic rings. The maximum atomic E-state index is 14.1. The molecule has 0 saturated carbocycles. The predicted molar refractivity (Wildman–Crippen MR) is 140 cm³/mol. The summed E-state index contributed by atoms with van der Waals surface area (Å²) in [5.41, 5.74) is -1.39. The van der Waals surface area contributed by atoms with Gasteiger partial charge in [0.1, 0.15) is 4.75 Å². The average molecular weight is 615 g/mol. The number of esters is 1. The van der Waals surface area contributed by atoms with Crippen LogP contribution in [0, 0.1) is 5.92 Å². The Labute approximate surface area is 226 Å². The molecule has 0 saturated heterocycles. The third-order valence-electron chi connectivity index (χ3n) is 6.61. The Bertz CT molecular complexity index is 1540. The topological polar surface area (TPSA) is 96.1 Å². The minimum Gasteiger partial charge on any atom is -0.466 e. The third kappa shape index (κ3) is 5.05. The largest absolute Gasteiger partial charge is 0.466 e. The van der Waals surface area contributed by atoms with Crippen molar-refractivity contribution < 1.29 is 31.1 Å². The molecular formula is C25H26BrF3N4O4S. The van der Waals surface area contributed by atoms with Gasteiger partial charge in [0.25, 0.3) is 0 Å². The van der Waals surface area contributed by atoms with Gasteiger partial charge in [-0.05, 0) is 44.4 Å². The normalized spacial score (nSPS) is 20.1. The lowest BCUT2D eigenvalue weighted by Crippen LogP contribution is -2.43. The number of halogens is 4. The zero-order valence-corrected chi connectivity index (χ0v) is 23.3. The van der Waals surface area contributed by atoms with E-state index in [-0.39, 0.29) is 48.2 Å². The van der Waals surface area contributed by atoms with Gasteiger partial charge in [0, 0.05) is 52.6 Å². The summed E-state index contributed by atoms with van der Waals surface area (Å²) in [4.78, 5) is 15.8. The molecule has 2 atom stereocenters. The van der Waals surface area contributed by atoms with E-state index >= 15 is 0 Å². The van der Waals surface area contributed by atoms with Gasteiger partial charge in [-0.1, -0.05) is 35.0 Å². The van der Waals surface area contributed by atoms with Crippen LogP contribution in [-0.4, -0.2) is 44.5 Å².